The molecule has 0 aromatic heterocycles. The Morgan fingerprint density at radius 3 is 1.73 bits per heavy atom. The maximum Gasteiger partial charge on any atom is 0.338 e. The summed E-state index contributed by atoms with van der Waals surface area (Å²) in [6, 6.07) is 16.7. The molecule has 0 bridgehead atoms. The largest absolute Gasteiger partial charge is 0.463 e. The zero-order valence-electron chi connectivity index (χ0n) is 35.0. The van der Waals surface area contributed by atoms with E-state index in [9.17, 15) is 24.3 Å². The van der Waals surface area contributed by atoms with E-state index in [0.717, 1.165) is 0 Å². The minimum absolute atomic E-state index is 0.00666. The van der Waals surface area contributed by atoms with Gasteiger partial charge in [0.15, 0.2) is 33.3 Å². The summed E-state index contributed by atoms with van der Waals surface area (Å²) in [6.45, 7) is 14.6. The standard InChI is InChI=1S/C42H56I2O15Si/c1-23-28(59-60(7,8)42(4,5)6)19-20-31(52-23)55-37-33(44)41(54-30(22-51-25(3)46)34(37)56-38(47)26-15-11-9-12-16-26)58-35-29(21-50-24(2)45)53-40(49)32(43)36(35)57-39(48)27-17-13-10-14-18-27/h9-18,23,28-37,40-41,49H,19-22H2,1-8H3/t23-,28-,29+,30+,31-,32+,33+,34+,35+,36+,37+,40-,41-/m0/s1. The molecule has 15 nitrogen and oxygen atoms in total. The zero-order valence-corrected chi connectivity index (χ0v) is 40.3. The van der Waals surface area contributed by atoms with E-state index in [2.05, 4.69) is 56.5 Å². The van der Waals surface area contributed by atoms with E-state index in [-0.39, 0.29) is 41.6 Å². The Hall–Kier alpha value is -2.28. The molecule has 60 heavy (non-hydrogen) atoms. The Morgan fingerprint density at radius 1 is 0.717 bits per heavy atom. The lowest BCUT2D eigenvalue weighted by Gasteiger charge is -2.49. The van der Waals surface area contributed by atoms with Crippen LogP contribution in [0.1, 0.15) is 75.1 Å². The van der Waals surface area contributed by atoms with E-state index >= 15 is 0 Å². The van der Waals surface area contributed by atoms with E-state index < -0.39 is 95.5 Å². The average molecular weight is 1080 g/mol. The van der Waals surface area contributed by atoms with Crippen molar-refractivity contribution in [3.8, 4) is 0 Å². The fourth-order valence-electron chi connectivity index (χ4n) is 6.73. The van der Waals surface area contributed by atoms with E-state index in [4.69, 9.17) is 47.1 Å². The van der Waals surface area contributed by atoms with Gasteiger partial charge in [-0.2, -0.15) is 0 Å². The van der Waals surface area contributed by atoms with Gasteiger partial charge < -0.3 is 52.2 Å². The quantitative estimate of drug-likeness (QED) is 0.0732. The average Bonchev–Trinajstić information content (AvgIpc) is 3.19. The summed E-state index contributed by atoms with van der Waals surface area (Å²) in [7, 11) is -2.13. The Bertz CT molecular complexity index is 1750. The summed E-state index contributed by atoms with van der Waals surface area (Å²) in [5.41, 5.74) is 0.538. The molecular formula is C42H56I2O15Si. The molecule has 0 unspecified atom stereocenters. The molecule has 332 valence electrons. The monoisotopic (exact) mass is 1080 g/mol. The minimum atomic E-state index is -2.13. The molecule has 0 amide bonds. The lowest BCUT2D eigenvalue weighted by atomic mass is 9.98. The van der Waals surface area contributed by atoms with Gasteiger partial charge in [-0.1, -0.05) is 102 Å². The van der Waals surface area contributed by atoms with Crippen molar-refractivity contribution in [2.75, 3.05) is 13.2 Å². The van der Waals surface area contributed by atoms with E-state index in [0.29, 0.717) is 12.8 Å². The van der Waals surface area contributed by atoms with Crippen LogP contribution in [0.2, 0.25) is 18.1 Å². The Balaban J connectivity index is 1.48. The number of hydrogen-bond acceptors (Lipinski definition) is 15. The molecule has 0 saturated carbocycles. The molecule has 13 atom stereocenters. The van der Waals surface area contributed by atoms with E-state index in [1.54, 1.807) is 60.7 Å². The predicted molar refractivity (Wildman–Crippen MR) is 235 cm³/mol. The minimum Gasteiger partial charge on any atom is -0.463 e. The van der Waals surface area contributed by atoms with Crippen LogP contribution in [0.3, 0.4) is 0 Å². The number of benzene rings is 2. The Labute approximate surface area is 379 Å². The summed E-state index contributed by atoms with van der Waals surface area (Å²) in [5, 5.41) is 11.0. The van der Waals surface area contributed by atoms with Crippen LogP contribution in [0.4, 0.5) is 0 Å². The molecule has 3 fully saturated rings. The van der Waals surface area contributed by atoms with Crippen molar-refractivity contribution in [1.82, 2.24) is 0 Å². The smallest absolute Gasteiger partial charge is 0.338 e. The molecule has 3 heterocycles. The second kappa shape index (κ2) is 21.4. The first kappa shape index (κ1) is 48.7. The number of halogens is 2. The molecule has 3 aliphatic heterocycles. The summed E-state index contributed by atoms with van der Waals surface area (Å²) in [4.78, 5) is 51.4. The van der Waals surface area contributed by atoms with Crippen LogP contribution in [0, 0.1) is 0 Å². The van der Waals surface area contributed by atoms with Gasteiger partial charge in [-0.15, -0.1) is 0 Å². The normalized spacial score (nSPS) is 32.4. The summed E-state index contributed by atoms with van der Waals surface area (Å²) in [6.07, 6.45) is -9.61. The summed E-state index contributed by atoms with van der Waals surface area (Å²) < 4.78 is 60.5. The highest BCUT2D eigenvalue weighted by molar-refractivity contribution is 14.1. The van der Waals surface area contributed by atoms with Crippen molar-refractivity contribution in [3.05, 3.63) is 71.8 Å². The SMILES string of the molecule is CC(=O)OC[C@H]1O[C@H](O)[C@H](I)[C@@H](OC(=O)c2ccccc2)[C@@H]1O[C@@H]1O[C@H](COC(C)=O)[C@@H](OC(=O)c2ccccc2)[C@H](O[C@H]2CC[C@H](O[Si](C)(C)C(C)(C)C)[C@H](C)O2)[C@H]1I. The fourth-order valence-corrected chi connectivity index (χ4v) is 9.79. The van der Waals surface area contributed by atoms with E-state index in [1.807, 2.05) is 29.5 Å². The molecule has 1 N–H and O–H groups in total. The zero-order chi connectivity index (χ0) is 43.9. The molecule has 3 aliphatic rings. The number of aliphatic hydroxyl groups is 1. The molecule has 2 aromatic carbocycles. The molecule has 5 rings (SSSR count). The van der Waals surface area contributed by atoms with Crippen LogP contribution in [0.25, 0.3) is 0 Å². The third-order valence-electron chi connectivity index (χ3n) is 11.0. The van der Waals surface area contributed by atoms with Crippen molar-refractivity contribution in [1.29, 1.82) is 0 Å². The topological polar surface area (TPSA) is 181 Å². The van der Waals surface area contributed by atoms with Crippen molar-refractivity contribution < 1.29 is 71.3 Å². The number of aliphatic hydroxyl groups excluding tert-OH is 1. The van der Waals surface area contributed by atoms with Gasteiger partial charge in [-0.25, -0.2) is 9.59 Å². The number of carbonyl (C=O) groups is 4. The van der Waals surface area contributed by atoms with Crippen LogP contribution in [-0.2, 0) is 56.6 Å². The van der Waals surface area contributed by atoms with Gasteiger partial charge in [0, 0.05) is 20.3 Å². The van der Waals surface area contributed by atoms with Gasteiger partial charge >= 0.3 is 23.9 Å². The first-order valence-electron chi connectivity index (χ1n) is 20.0. The summed E-state index contributed by atoms with van der Waals surface area (Å²) in [5.74, 6) is -2.56. The number of esters is 4. The number of carbonyl (C=O) groups excluding carboxylic acids is 4. The highest BCUT2D eigenvalue weighted by atomic mass is 127. The second-order valence-electron chi connectivity index (χ2n) is 16.5. The number of rotatable bonds is 14. The lowest BCUT2D eigenvalue weighted by Crippen LogP contribution is -2.64. The highest BCUT2D eigenvalue weighted by Gasteiger charge is 2.55. The first-order valence-corrected chi connectivity index (χ1v) is 25.4. The van der Waals surface area contributed by atoms with Gasteiger partial charge in [0.25, 0.3) is 0 Å². The van der Waals surface area contributed by atoms with Crippen LogP contribution in [-0.4, -0.2) is 126 Å². The molecule has 0 radical (unpaired) electrons. The third-order valence-corrected chi connectivity index (χ3v) is 18.1. The summed E-state index contributed by atoms with van der Waals surface area (Å²) >= 11 is 4.01. The van der Waals surface area contributed by atoms with Crippen molar-refractivity contribution >= 4 is 77.4 Å². The number of alkyl halides is 2. The lowest BCUT2D eigenvalue weighted by molar-refractivity contribution is -0.324. The molecule has 0 aliphatic carbocycles. The number of hydrogen-bond donors (Lipinski definition) is 1. The molecule has 3 saturated heterocycles. The highest BCUT2D eigenvalue weighted by Crippen LogP contribution is 2.41. The van der Waals surface area contributed by atoms with Gasteiger partial charge in [0.1, 0.15) is 47.7 Å². The maximum absolute atomic E-state index is 13.7. The maximum atomic E-state index is 13.7. The predicted octanol–water partition coefficient (Wildman–Crippen LogP) is 6.30. The first-order chi connectivity index (χ1) is 28.2. The van der Waals surface area contributed by atoms with Gasteiger partial charge in [0.05, 0.1) is 27.3 Å². The van der Waals surface area contributed by atoms with Crippen molar-refractivity contribution in [3.63, 3.8) is 0 Å². The molecule has 18 heteroatoms. The van der Waals surface area contributed by atoms with Crippen LogP contribution in [0.15, 0.2) is 60.7 Å². The van der Waals surface area contributed by atoms with Crippen molar-refractivity contribution in [2.45, 2.75) is 148 Å². The van der Waals surface area contributed by atoms with Gasteiger partial charge in [-0.3, -0.25) is 9.59 Å². The molecule has 2 aromatic rings. The van der Waals surface area contributed by atoms with E-state index in [1.165, 1.54) is 13.8 Å². The van der Waals surface area contributed by atoms with Gasteiger partial charge in [0.2, 0.25) is 0 Å². The Morgan fingerprint density at radius 2 is 1.23 bits per heavy atom. The fraction of sp³-hybridized carbons (Fsp3) is 0.619. The van der Waals surface area contributed by atoms with Crippen LogP contribution in [0.5, 0.6) is 0 Å². The second-order valence-corrected chi connectivity index (χ2v) is 24.2. The van der Waals surface area contributed by atoms with Crippen LogP contribution < -0.4 is 0 Å². The Kier molecular flexibility index (Phi) is 17.4. The molecule has 0 spiro atoms. The van der Waals surface area contributed by atoms with Crippen molar-refractivity contribution in [2.24, 2.45) is 0 Å². The molecular weight excluding hydrogens is 1030 g/mol. The third kappa shape index (κ3) is 12.7. The van der Waals surface area contributed by atoms with Gasteiger partial charge in [-0.05, 0) is 55.7 Å². The number of ether oxygens (including phenoxy) is 9. The van der Waals surface area contributed by atoms with Crippen LogP contribution >= 0.6 is 45.2 Å².